The van der Waals surface area contributed by atoms with Crippen LogP contribution in [-0.4, -0.2) is 47.0 Å². The fourth-order valence-electron chi connectivity index (χ4n) is 3.15. The van der Waals surface area contributed by atoms with E-state index in [1.807, 2.05) is 13.0 Å². The van der Waals surface area contributed by atoms with E-state index in [9.17, 15) is 21.6 Å². The summed E-state index contributed by atoms with van der Waals surface area (Å²) in [4.78, 5) is 7.58. The number of halogens is 3. The quantitative estimate of drug-likeness (QED) is 0.583. The Balaban J connectivity index is 1.41. The molecule has 0 spiro atoms. The van der Waals surface area contributed by atoms with Gasteiger partial charge in [-0.25, -0.2) is 13.4 Å². The van der Waals surface area contributed by atoms with Gasteiger partial charge in [0, 0.05) is 24.4 Å². The second-order valence-electron chi connectivity index (χ2n) is 7.01. The molecule has 2 aromatic heterocycles. The first-order chi connectivity index (χ1) is 14.6. The van der Waals surface area contributed by atoms with Crippen LogP contribution in [0.25, 0.3) is 11.4 Å². The molecule has 31 heavy (non-hydrogen) atoms. The predicted octanol–water partition coefficient (Wildman–Crippen LogP) is 3.30. The molecule has 12 heteroatoms. The molecular formula is C19H17F3N4O4S. The van der Waals surface area contributed by atoms with E-state index in [4.69, 9.17) is 4.74 Å². The summed E-state index contributed by atoms with van der Waals surface area (Å²) in [6.45, 7) is 2.30. The van der Waals surface area contributed by atoms with E-state index in [-0.39, 0.29) is 28.7 Å². The van der Waals surface area contributed by atoms with Crippen molar-refractivity contribution in [2.24, 2.45) is 0 Å². The van der Waals surface area contributed by atoms with Crippen molar-refractivity contribution < 1.29 is 30.8 Å². The van der Waals surface area contributed by atoms with Crippen LogP contribution in [0.3, 0.4) is 0 Å². The topological polar surface area (TPSA) is 98.4 Å². The third kappa shape index (κ3) is 4.54. The second-order valence-corrected chi connectivity index (χ2v) is 8.95. The Morgan fingerprint density at radius 3 is 2.68 bits per heavy atom. The lowest BCUT2D eigenvalue weighted by Gasteiger charge is -2.17. The van der Waals surface area contributed by atoms with Crippen LogP contribution >= 0.6 is 0 Å². The van der Waals surface area contributed by atoms with Gasteiger partial charge in [0.25, 0.3) is 0 Å². The highest BCUT2D eigenvalue weighted by atomic mass is 32.2. The summed E-state index contributed by atoms with van der Waals surface area (Å²) in [5.74, 6) is -1.48. The largest absolute Gasteiger partial charge is 0.473 e. The van der Waals surface area contributed by atoms with Gasteiger partial charge >= 0.3 is 12.1 Å². The molecule has 1 aromatic carbocycles. The van der Waals surface area contributed by atoms with Gasteiger partial charge in [-0.05, 0) is 37.1 Å². The van der Waals surface area contributed by atoms with E-state index in [1.54, 1.807) is 18.2 Å². The number of aromatic nitrogens is 3. The fraction of sp³-hybridized carbons (Fsp3) is 0.316. The third-order valence-corrected chi connectivity index (χ3v) is 6.55. The molecule has 1 saturated heterocycles. The molecular weight excluding hydrogens is 437 g/mol. The summed E-state index contributed by atoms with van der Waals surface area (Å²) in [5, 5.41) is 3.30. The van der Waals surface area contributed by atoms with Gasteiger partial charge in [0.15, 0.2) is 0 Å². The molecule has 0 bridgehead atoms. The van der Waals surface area contributed by atoms with Crippen LogP contribution < -0.4 is 4.74 Å². The van der Waals surface area contributed by atoms with Crippen LogP contribution in [0.2, 0.25) is 0 Å². The zero-order valence-electron chi connectivity index (χ0n) is 16.2. The Bertz CT molecular complexity index is 1180. The molecule has 4 rings (SSSR count). The summed E-state index contributed by atoms with van der Waals surface area (Å²) >= 11 is 0. The summed E-state index contributed by atoms with van der Waals surface area (Å²) in [6.07, 6.45) is -3.39. The van der Waals surface area contributed by atoms with Crippen LogP contribution in [0.15, 0.2) is 52.0 Å². The van der Waals surface area contributed by atoms with Crippen molar-refractivity contribution in [1.29, 1.82) is 0 Å². The molecule has 0 saturated carbocycles. The van der Waals surface area contributed by atoms with Crippen LogP contribution in [-0.2, 0) is 16.2 Å². The van der Waals surface area contributed by atoms with Gasteiger partial charge in [-0.2, -0.15) is 22.5 Å². The molecule has 1 aliphatic heterocycles. The van der Waals surface area contributed by atoms with Gasteiger partial charge < -0.3 is 9.26 Å². The maximum atomic E-state index is 12.8. The summed E-state index contributed by atoms with van der Waals surface area (Å²) in [5.41, 5.74) is 1.07. The van der Waals surface area contributed by atoms with Gasteiger partial charge in [0.1, 0.15) is 6.10 Å². The second kappa shape index (κ2) is 7.93. The number of hydrogen-bond acceptors (Lipinski definition) is 7. The molecule has 3 aromatic rings. The summed E-state index contributed by atoms with van der Waals surface area (Å²) in [7, 11) is -3.62. The monoisotopic (exact) mass is 454 g/mol. The lowest BCUT2D eigenvalue weighted by molar-refractivity contribution is -0.159. The molecule has 1 unspecified atom stereocenters. The van der Waals surface area contributed by atoms with Crippen LogP contribution in [0.5, 0.6) is 5.88 Å². The van der Waals surface area contributed by atoms with Crippen LogP contribution in [0.1, 0.15) is 17.9 Å². The van der Waals surface area contributed by atoms with E-state index in [0.29, 0.717) is 13.0 Å². The first-order valence-electron chi connectivity index (χ1n) is 9.24. The van der Waals surface area contributed by atoms with Gasteiger partial charge in [-0.3, -0.25) is 0 Å². The van der Waals surface area contributed by atoms with Crippen molar-refractivity contribution in [3.63, 3.8) is 0 Å². The molecule has 3 heterocycles. The van der Waals surface area contributed by atoms with E-state index in [1.165, 1.54) is 22.6 Å². The van der Waals surface area contributed by atoms with Gasteiger partial charge in [0.2, 0.25) is 21.7 Å². The summed E-state index contributed by atoms with van der Waals surface area (Å²) < 4.78 is 74.7. The minimum absolute atomic E-state index is 0.166. The number of nitrogens with zero attached hydrogens (tertiary/aromatic N) is 4. The normalized spacial score (nSPS) is 17.7. The number of sulfonamides is 1. The third-order valence-electron chi connectivity index (χ3n) is 4.69. The maximum Gasteiger partial charge on any atom is 0.471 e. The average molecular weight is 454 g/mol. The van der Waals surface area contributed by atoms with Crippen molar-refractivity contribution in [1.82, 2.24) is 19.4 Å². The molecule has 0 radical (unpaired) electrons. The molecule has 1 fully saturated rings. The highest BCUT2D eigenvalue weighted by molar-refractivity contribution is 7.89. The Morgan fingerprint density at radius 2 is 2.03 bits per heavy atom. The zero-order chi connectivity index (χ0) is 22.2. The highest BCUT2D eigenvalue weighted by Gasteiger charge is 2.38. The Kier molecular flexibility index (Phi) is 5.43. The fourth-order valence-corrected chi connectivity index (χ4v) is 4.74. The SMILES string of the molecule is Cc1cccc(S(=O)(=O)N2CCC(Oc3ccc(-c4noc(C(F)(F)F)n4)cn3)C2)c1. The number of benzene rings is 1. The number of alkyl halides is 3. The number of aryl methyl sites for hydroxylation is 1. The lowest BCUT2D eigenvalue weighted by atomic mass is 10.2. The average Bonchev–Trinajstić information content (AvgIpc) is 3.38. The van der Waals surface area contributed by atoms with Gasteiger partial charge in [0.05, 0.1) is 11.4 Å². The maximum absolute atomic E-state index is 12.8. The Morgan fingerprint density at radius 1 is 1.23 bits per heavy atom. The molecule has 0 N–H and O–H groups in total. The van der Waals surface area contributed by atoms with Crippen LogP contribution in [0, 0.1) is 6.92 Å². The number of hydrogen-bond donors (Lipinski definition) is 0. The van der Waals surface area contributed by atoms with Crippen molar-refractivity contribution >= 4 is 10.0 Å². The molecule has 0 amide bonds. The van der Waals surface area contributed by atoms with Crippen molar-refractivity contribution in [2.45, 2.75) is 30.5 Å². The lowest BCUT2D eigenvalue weighted by Crippen LogP contribution is -2.31. The Hall–Kier alpha value is -2.99. The number of rotatable bonds is 5. The zero-order valence-corrected chi connectivity index (χ0v) is 17.0. The first kappa shape index (κ1) is 21.2. The number of ether oxygens (including phenoxy) is 1. The van der Waals surface area contributed by atoms with E-state index < -0.39 is 28.2 Å². The standard InChI is InChI=1S/C19H17F3N4O4S/c1-12-3-2-4-15(9-12)31(27,28)26-8-7-14(11-26)29-16-6-5-13(10-23-16)17-24-18(30-25-17)19(20,21)22/h2-6,9-10,14H,7-8,11H2,1H3. The summed E-state index contributed by atoms with van der Waals surface area (Å²) in [6, 6.07) is 9.59. The van der Waals surface area contributed by atoms with E-state index >= 15 is 0 Å². The minimum Gasteiger partial charge on any atom is -0.473 e. The molecule has 0 aliphatic carbocycles. The molecule has 1 aliphatic rings. The van der Waals surface area contributed by atoms with Gasteiger partial charge in [-0.15, -0.1) is 0 Å². The van der Waals surface area contributed by atoms with Gasteiger partial charge in [-0.1, -0.05) is 17.3 Å². The molecule has 8 nitrogen and oxygen atoms in total. The van der Waals surface area contributed by atoms with Crippen molar-refractivity contribution in [2.75, 3.05) is 13.1 Å². The van der Waals surface area contributed by atoms with Crippen molar-refractivity contribution in [3.05, 3.63) is 54.0 Å². The molecule has 1 atom stereocenters. The smallest absolute Gasteiger partial charge is 0.471 e. The minimum atomic E-state index is -4.73. The van der Waals surface area contributed by atoms with E-state index in [0.717, 1.165) is 5.56 Å². The molecule has 164 valence electrons. The number of pyridine rings is 1. The van der Waals surface area contributed by atoms with E-state index in [2.05, 4.69) is 19.6 Å². The first-order valence-corrected chi connectivity index (χ1v) is 10.7. The predicted molar refractivity (Wildman–Crippen MR) is 102 cm³/mol. The highest BCUT2D eigenvalue weighted by Crippen LogP contribution is 2.30. The Labute approximate surface area is 175 Å². The van der Waals surface area contributed by atoms with Crippen LogP contribution in [0.4, 0.5) is 13.2 Å². The van der Waals surface area contributed by atoms with Crippen molar-refractivity contribution in [3.8, 4) is 17.3 Å².